The highest BCUT2D eigenvalue weighted by atomic mass is 19.1. The van der Waals surface area contributed by atoms with E-state index in [4.69, 9.17) is 5.73 Å². The number of carbonyl (C=O) groups is 1. The van der Waals surface area contributed by atoms with E-state index >= 15 is 0 Å². The van der Waals surface area contributed by atoms with Gasteiger partial charge in [-0.05, 0) is 80.4 Å². The molecule has 1 aromatic heterocycles. The van der Waals surface area contributed by atoms with Crippen molar-refractivity contribution < 1.29 is 13.6 Å². The predicted octanol–water partition coefficient (Wildman–Crippen LogP) is 4.99. The Bertz CT molecular complexity index is 1240. The summed E-state index contributed by atoms with van der Waals surface area (Å²) in [4.78, 5) is 18.8. The van der Waals surface area contributed by atoms with Gasteiger partial charge < -0.3 is 10.6 Å². The van der Waals surface area contributed by atoms with Gasteiger partial charge in [-0.15, -0.1) is 0 Å². The molecule has 202 valence electrons. The molecule has 0 fully saturated rings. The quantitative estimate of drug-likeness (QED) is 0.436. The van der Waals surface area contributed by atoms with E-state index in [1.165, 1.54) is 24.3 Å². The molecule has 0 bridgehead atoms. The van der Waals surface area contributed by atoms with Gasteiger partial charge in [0.1, 0.15) is 18.2 Å². The minimum absolute atomic E-state index is 0.00850. The molecule has 2 heterocycles. The molecule has 9 heteroatoms. The second-order valence-electron chi connectivity index (χ2n) is 9.07. The normalized spacial score (nSPS) is 13.1. The van der Waals surface area contributed by atoms with Gasteiger partial charge in [0.05, 0.1) is 18.1 Å². The third kappa shape index (κ3) is 8.34. The number of aliphatic imine (C=N–C) groups is 1. The smallest absolute Gasteiger partial charge is 0.244 e. The van der Waals surface area contributed by atoms with E-state index in [1.54, 1.807) is 28.9 Å². The van der Waals surface area contributed by atoms with Crippen LogP contribution < -0.4 is 11.1 Å². The van der Waals surface area contributed by atoms with Crippen LogP contribution in [-0.4, -0.2) is 52.6 Å². The van der Waals surface area contributed by atoms with Crippen molar-refractivity contribution in [1.29, 1.82) is 0 Å². The number of aromatic nitrogens is 2. The minimum Gasteiger partial charge on any atom is -0.401 e. The molecule has 0 aliphatic carbocycles. The third-order valence-corrected chi connectivity index (χ3v) is 5.85. The Morgan fingerprint density at radius 3 is 2.16 bits per heavy atom. The number of nitrogens with one attached hydrogen (secondary N) is 1. The van der Waals surface area contributed by atoms with Gasteiger partial charge in [-0.1, -0.05) is 13.8 Å². The van der Waals surface area contributed by atoms with E-state index in [2.05, 4.69) is 15.4 Å². The molecule has 0 atom stereocenters. The van der Waals surface area contributed by atoms with Crippen molar-refractivity contribution >= 4 is 11.6 Å². The summed E-state index contributed by atoms with van der Waals surface area (Å²) < 4.78 is 28.3. The van der Waals surface area contributed by atoms with Gasteiger partial charge in [-0.2, -0.15) is 5.10 Å². The maximum absolute atomic E-state index is 13.4. The molecule has 2 aromatic carbocycles. The lowest BCUT2D eigenvalue weighted by Crippen LogP contribution is -2.35. The van der Waals surface area contributed by atoms with Gasteiger partial charge in [0, 0.05) is 42.2 Å². The van der Waals surface area contributed by atoms with Crippen LogP contribution in [0, 0.1) is 11.6 Å². The van der Waals surface area contributed by atoms with Gasteiger partial charge in [0.25, 0.3) is 0 Å². The van der Waals surface area contributed by atoms with Crippen LogP contribution in [0.3, 0.4) is 0 Å². The second kappa shape index (κ2) is 14.2. The summed E-state index contributed by atoms with van der Waals surface area (Å²) in [5.74, 6) is -0.658. The van der Waals surface area contributed by atoms with Gasteiger partial charge in [-0.3, -0.25) is 19.8 Å². The maximum atomic E-state index is 13.4. The first-order valence-corrected chi connectivity index (χ1v) is 12.9. The Labute approximate surface area is 223 Å². The fourth-order valence-electron chi connectivity index (χ4n) is 4.03. The van der Waals surface area contributed by atoms with Crippen LogP contribution in [0.5, 0.6) is 0 Å². The van der Waals surface area contributed by atoms with Gasteiger partial charge in [-0.25, -0.2) is 8.78 Å². The Hall–Kier alpha value is -3.85. The molecule has 4 rings (SSSR count). The molecule has 7 nitrogen and oxygen atoms in total. The number of nitrogens with zero attached hydrogens (tertiary/aromatic N) is 4. The average Bonchev–Trinajstić information content (AvgIpc) is 3.21. The Kier molecular flexibility index (Phi) is 10.7. The van der Waals surface area contributed by atoms with Crippen LogP contribution in [-0.2, 0) is 11.3 Å². The number of halogens is 2. The number of hydrogen-bond acceptors (Lipinski definition) is 5. The first kappa shape index (κ1) is 28.7. The third-order valence-electron chi connectivity index (χ3n) is 5.85. The molecule has 0 saturated heterocycles. The molecule has 0 saturated carbocycles. The predicted molar refractivity (Wildman–Crippen MR) is 148 cm³/mol. The van der Waals surface area contributed by atoms with Crippen LogP contribution in [0.1, 0.15) is 33.6 Å². The number of benzene rings is 2. The number of amides is 1. The zero-order valence-corrected chi connectivity index (χ0v) is 22.3. The van der Waals surface area contributed by atoms with Gasteiger partial charge >= 0.3 is 0 Å². The van der Waals surface area contributed by atoms with Gasteiger partial charge in [0.15, 0.2) is 0 Å². The summed E-state index contributed by atoms with van der Waals surface area (Å²) in [6.07, 6.45) is 3.66. The molecular formula is C29H36F2N6O. The molecule has 38 heavy (non-hydrogen) atoms. The number of allylic oxidation sites excluding steroid dienone is 1. The SMILES string of the molecule is CC1=NCNCC(N)=C1.CCCN(CCC)C(=O)Cn1nc(-c2ccc(F)cc2)cc1-c1ccc(F)cc1. The molecular weight excluding hydrogens is 486 g/mol. The monoisotopic (exact) mass is 522 g/mol. The van der Waals surface area contributed by atoms with E-state index in [0.29, 0.717) is 31.1 Å². The summed E-state index contributed by atoms with van der Waals surface area (Å²) >= 11 is 0. The van der Waals surface area contributed by atoms with Crippen LogP contribution in [0.4, 0.5) is 8.78 Å². The van der Waals surface area contributed by atoms with E-state index in [0.717, 1.165) is 41.9 Å². The largest absolute Gasteiger partial charge is 0.401 e. The fraction of sp³-hybridized carbons (Fsp3) is 0.345. The van der Waals surface area contributed by atoms with Crippen LogP contribution >= 0.6 is 0 Å². The molecule has 1 aliphatic heterocycles. The molecule has 1 aliphatic rings. The lowest BCUT2D eigenvalue weighted by molar-refractivity contribution is -0.132. The van der Waals surface area contributed by atoms with E-state index in [-0.39, 0.29) is 24.1 Å². The van der Waals surface area contributed by atoms with Crippen molar-refractivity contribution in [3.8, 4) is 22.5 Å². The molecule has 0 radical (unpaired) electrons. The highest BCUT2D eigenvalue weighted by Crippen LogP contribution is 2.27. The summed E-state index contributed by atoms with van der Waals surface area (Å²) in [7, 11) is 0. The lowest BCUT2D eigenvalue weighted by atomic mass is 10.1. The Morgan fingerprint density at radius 2 is 1.58 bits per heavy atom. The van der Waals surface area contributed by atoms with Crippen molar-refractivity contribution in [1.82, 2.24) is 20.0 Å². The topological polar surface area (TPSA) is 88.5 Å². The van der Waals surface area contributed by atoms with Gasteiger partial charge in [0.2, 0.25) is 5.91 Å². The minimum atomic E-state index is -0.327. The first-order valence-electron chi connectivity index (χ1n) is 12.9. The van der Waals surface area contributed by atoms with E-state index < -0.39 is 0 Å². The van der Waals surface area contributed by atoms with Crippen molar-refractivity contribution in [3.05, 3.63) is 78.0 Å². The molecule has 3 aromatic rings. The van der Waals surface area contributed by atoms with Crippen LogP contribution in [0.15, 0.2) is 71.4 Å². The summed E-state index contributed by atoms with van der Waals surface area (Å²) in [6.45, 7) is 8.95. The number of carbonyl (C=O) groups excluding carboxylic acids is 1. The van der Waals surface area contributed by atoms with Crippen molar-refractivity contribution in [2.24, 2.45) is 10.7 Å². The number of rotatable bonds is 8. The summed E-state index contributed by atoms with van der Waals surface area (Å²) in [5, 5.41) is 7.65. The van der Waals surface area contributed by atoms with Crippen LogP contribution in [0.2, 0.25) is 0 Å². The first-order chi connectivity index (χ1) is 18.3. The zero-order chi connectivity index (χ0) is 27.5. The fourth-order valence-corrected chi connectivity index (χ4v) is 4.03. The molecule has 1 amide bonds. The Balaban J connectivity index is 0.000000375. The summed E-state index contributed by atoms with van der Waals surface area (Å²) in [5.41, 5.74) is 10.3. The second-order valence-corrected chi connectivity index (χ2v) is 9.07. The lowest BCUT2D eigenvalue weighted by Gasteiger charge is -2.22. The molecule has 0 unspecified atom stereocenters. The summed E-state index contributed by atoms with van der Waals surface area (Å²) in [6, 6.07) is 14.0. The number of hydrogen-bond donors (Lipinski definition) is 2. The molecule has 3 N–H and O–H groups in total. The molecule has 0 spiro atoms. The highest BCUT2D eigenvalue weighted by molar-refractivity contribution is 5.93. The standard InChI is InChI=1S/C23H25F2N3O.C6H11N3/c1-3-13-27(14-4-2)23(29)16-28-22(18-7-11-20(25)12-8-18)15-21(26-28)17-5-9-19(24)10-6-17;1-5-2-6(7)3-8-4-9-5/h5-12,15H,3-4,13-14,16H2,1-2H3;2,8H,3-4,7H2,1H3. The average molecular weight is 523 g/mol. The number of nitrogens with two attached hydrogens (primary N) is 1. The van der Waals surface area contributed by atoms with Crippen molar-refractivity contribution in [2.45, 2.75) is 40.2 Å². The Morgan fingerprint density at radius 1 is 1.00 bits per heavy atom. The zero-order valence-electron chi connectivity index (χ0n) is 22.3. The highest BCUT2D eigenvalue weighted by Gasteiger charge is 2.18. The van der Waals surface area contributed by atoms with Crippen LogP contribution in [0.25, 0.3) is 22.5 Å². The maximum Gasteiger partial charge on any atom is 0.244 e. The van der Waals surface area contributed by atoms with E-state index in [9.17, 15) is 13.6 Å². The van der Waals surface area contributed by atoms with E-state index in [1.807, 2.05) is 37.8 Å². The van der Waals surface area contributed by atoms with Crippen molar-refractivity contribution in [2.75, 3.05) is 26.3 Å². The van der Waals surface area contributed by atoms with Crippen molar-refractivity contribution in [3.63, 3.8) is 0 Å².